The third-order valence-electron chi connectivity index (χ3n) is 3.79. The Hall–Kier alpha value is -3.74. The van der Waals surface area contributed by atoms with E-state index in [2.05, 4.69) is 15.6 Å². The average molecular weight is 379 g/mol. The SMILES string of the molecule is CCOC(=O)c1ccccc1Nc1ccc(C(=O)Nc2cccc(F)c2)cn1. The van der Waals surface area contributed by atoms with E-state index in [9.17, 15) is 14.0 Å². The molecular weight excluding hydrogens is 361 g/mol. The molecular formula is C21H18FN3O3. The topological polar surface area (TPSA) is 80.3 Å². The Balaban J connectivity index is 1.71. The minimum atomic E-state index is -0.435. The van der Waals surface area contributed by atoms with Gasteiger partial charge in [0.05, 0.1) is 23.4 Å². The maximum absolute atomic E-state index is 13.2. The van der Waals surface area contributed by atoms with Crippen LogP contribution < -0.4 is 10.6 Å². The van der Waals surface area contributed by atoms with Crippen LogP contribution in [0.4, 0.5) is 21.6 Å². The van der Waals surface area contributed by atoms with Crippen LogP contribution in [0.25, 0.3) is 0 Å². The maximum atomic E-state index is 13.2. The van der Waals surface area contributed by atoms with Crippen LogP contribution in [0.5, 0.6) is 0 Å². The summed E-state index contributed by atoms with van der Waals surface area (Å²) in [6.07, 6.45) is 1.39. The number of para-hydroxylation sites is 1. The van der Waals surface area contributed by atoms with Crippen LogP contribution in [0, 0.1) is 5.82 Å². The zero-order valence-electron chi connectivity index (χ0n) is 15.1. The molecule has 0 fully saturated rings. The van der Waals surface area contributed by atoms with E-state index in [0.717, 1.165) is 0 Å². The first-order chi connectivity index (χ1) is 13.6. The first kappa shape index (κ1) is 19.0. The van der Waals surface area contributed by atoms with E-state index in [-0.39, 0.29) is 6.61 Å². The number of hydrogen-bond donors (Lipinski definition) is 2. The molecule has 2 aromatic carbocycles. The number of benzene rings is 2. The minimum absolute atomic E-state index is 0.278. The number of carbonyl (C=O) groups is 2. The number of hydrogen-bond acceptors (Lipinski definition) is 5. The van der Waals surface area contributed by atoms with E-state index >= 15 is 0 Å². The third kappa shape index (κ3) is 4.70. The molecule has 0 radical (unpaired) electrons. The lowest BCUT2D eigenvalue weighted by Crippen LogP contribution is -2.12. The molecule has 142 valence electrons. The van der Waals surface area contributed by atoms with Crippen molar-refractivity contribution >= 4 is 29.1 Å². The second-order valence-electron chi connectivity index (χ2n) is 5.79. The van der Waals surface area contributed by atoms with E-state index in [1.54, 1.807) is 49.4 Å². The molecule has 0 unspecified atom stereocenters. The number of halogens is 1. The summed E-state index contributed by atoms with van der Waals surface area (Å²) in [6.45, 7) is 2.02. The van der Waals surface area contributed by atoms with Crippen LogP contribution in [0.3, 0.4) is 0 Å². The van der Waals surface area contributed by atoms with Crippen LogP contribution in [0.2, 0.25) is 0 Å². The van der Waals surface area contributed by atoms with Crippen molar-refractivity contribution in [2.24, 2.45) is 0 Å². The Bertz CT molecular complexity index is 990. The van der Waals surface area contributed by atoms with E-state index in [4.69, 9.17) is 4.74 Å². The molecule has 0 aliphatic rings. The van der Waals surface area contributed by atoms with Gasteiger partial charge in [-0.15, -0.1) is 0 Å². The van der Waals surface area contributed by atoms with Crippen molar-refractivity contribution in [1.29, 1.82) is 0 Å². The van der Waals surface area contributed by atoms with Gasteiger partial charge in [0, 0.05) is 11.9 Å². The van der Waals surface area contributed by atoms with E-state index < -0.39 is 17.7 Å². The molecule has 2 N–H and O–H groups in total. The van der Waals surface area contributed by atoms with Crippen LogP contribution in [-0.2, 0) is 4.74 Å². The molecule has 0 bridgehead atoms. The normalized spacial score (nSPS) is 10.2. The standard InChI is InChI=1S/C21H18FN3O3/c1-2-28-21(27)17-8-3-4-9-18(17)25-19-11-10-14(13-23-19)20(26)24-16-7-5-6-15(22)12-16/h3-13H,2H2,1H3,(H,23,25)(H,24,26). The number of carbonyl (C=O) groups excluding carboxylic acids is 2. The van der Waals surface area contributed by atoms with E-state index in [1.165, 1.54) is 24.4 Å². The van der Waals surface area contributed by atoms with E-state index in [1.807, 2.05) is 0 Å². The molecule has 0 aliphatic carbocycles. The van der Waals surface area contributed by atoms with Gasteiger partial charge in [0.15, 0.2) is 0 Å². The highest BCUT2D eigenvalue weighted by atomic mass is 19.1. The number of nitrogens with zero attached hydrogens (tertiary/aromatic N) is 1. The van der Waals surface area contributed by atoms with Crippen LogP contribution in [0.15, 0.2) is 66.9 Å². The fourth-order valence-corrected chi connectivity index (χ4v) is 2.49. The number of ether oxygens (including phenoxy) is 1. The first-order valence-electron chi connectivity index (χ1n) is 8.63. The summed E-state index contributed by atoms with van der Waals surface area (Å²) in [5.41, 5.74) is 1.61. The van der Waals surface area contributed by atoms with Crippen molar-refractivity contribution in [1.82, 2.24) is 4.98 Å². The van der Waals surface area contributed by atoms with Gasteiger partial charge in [-0.1, -0.05) is 18.2 Å². The van der Waals surface area contributed by atoms with Crippen molar-refractivity contribution in [2.75, 3.05) is 17.2 Å². The summed E-state index contributed by atoms with van der Waals surface area (Å²) < 4.78 is 18.3. The highest BCUT2D eigenvalue weighted by Gasteiger charge is 2.13. The highest BCUT2D eigenvalue weighted by Crippen LogP contribution is 2.21. The Morgan fingerprint density at radius 2 is 1.89 bits per heavy atom. The molecule has 3 rings (SSSR count). The van der Waals surface area contributed by atoms with Gasteiger partial charge < -0.3 is 15.4 Å². The summed E-state index contributed by atoms with van der Waals surface area (Å²) in [5.74, 6) is -0.817. The second-order valence-corrected chi connectivity index (χ2v) is 5.79. The maximum Gasteiger partial charge on any atom is 0.340 e. The van der Waals surface area contributed by atoms with Gasteiger partial charge in [-0.25, -0.2) is 14.2 Å². The Morgan fingerprint density at radius 3 is 2.61 bits per heavy atom. The third-order valence-corrected chi connectivity index (χ3v) is 3.79. The zero-order valence-corrected chi connectivity index (χ0v) is 15.1. The zero-order chi connectivity index (χ0) is 19.9. The Kier molecular flexibility index (Phi) is 5.96. The van der Waals surface area contributed by atoms with Gasteiger partial charge in [0.1, 0.15) is 11.6 Å². The molecule has 0 spiro atoms. The van der Waals surface area contributed by atoms with Crippen molar-refractivity contribution in [3.63, 3.8) is 0 Å². The summed E-state index contributed by atoms with van der Waals surface area (Å²) in [7, 11) is 0. The summed E-state index contributed by atoms with van der Waals surface area (Å²) in [5, 5.41) is 5.65. The number of anilines is 3. The number of aromatic nitrogens is 1. The molecule has 0 saturated heterocycles. The molecule has 3 aromatic rings. The summed E-state index contributed by atoms with van der Waals surface area (Å²) in [6, 6.07) is 15.7. The summed E-state index contributed by atoms with van der Waals surface area (Å²) >= 11 is 0. The fraction of sp³-hybridized carbons (Fsp3) is 0.0952. The lowest BCUT2D eigenvalue weighted by atomic mass is 10.1. The van der Waals surface area contributed by atoms with Gasteiger partial charge in [-0.2, -0.15) is 0 Å². The van der Waals surface area contributed by atoms with Gasteiger partial charge in [-0.3, -0.25) is 4.79 Å². The molecule has 1 heterocycles. The minimum Gasteiger partial charge on any atom is -0.462 e. The lowest BCUT2D eigenvalue weighted by Gasteiger charge is -2.11. The van der Waals surface area contributed by atoms with Crippen molar-refractivity contribution in [3.05, 3.63) is 83.8 Å². The van der Waals surface area contributed by atoms with E-state index in [0.29, 0.717) is 28.3 Å². The van der Waals surface area contributed by atoms with Crippen molar-refractivity contribution in [2.45, 2.75) is 6.92 Å². The average Bonchev–Trinajstić information content (AvgIpc) is 2.69. The van der Waals surface area contributed by atoms with Gasteiger partial charge in [-0.05, 0) is 49.4 Å². The predicted octanol–water partition coefficient (Wildman–Crippen LogP) is 4.39. The smallest absolute Gasteiger partial charge is 0.340 e. The number of pyridine rings is 1. The van der Waals surface area contributed by atoms with Crippen LogP contribution in [-0.4, -0.2) is 23.5 Å². The molecule has 1 aromatic heterocycles. The van der Waals surface area contributed by atoms with Gasteiger partial charge in [0.25, 0.3) is 5.91 Å². The van der Waals surface area contributed by atoms with Crippen molar-refractivity contribution in [3.8, 4) is 0 Å². The van der Waals surface area contributed by atoms with Crippen LogP contribution in [0.1, 0.15) is 27.6 Å². The molecule has 1 amide bonds. The molecule has 0 aliphatic heterocycles. The van der Waals surface area contributed by atoms with Gasteiger partial charge in [0.2, 0.25) is 0 Å². The molecule has 0 atom stereocenters. The largest absolute Gasteiger partial charge is 0.462 e. The number of esters is 1. The lowest BCUT2D eigenvalue weighted by molar-refractivity contribution is 0.0527. The number of rotatable bonds is 6. The second kappa shape index (κ2) is 8.77. The molecule has 6 nitrogen and oxygen atoms in total. The first-order valence-corrected chi connectivity index (χ1v) is 8.63. The predicted molar refractivity (Wildman–Crippen MR) is 104 cm³/mol. The Labute approximate surface area is 161 Å². The molecule has 28 heavy (non-hydrogen) atoms. The molecule has 0 saturated carbocycles. The van der Waals surface area contributed by atoms with Crippen LogP contribution >= 0.6 is 0 Å². The number of amides is 1. The molecule has 7 heteroatoms. The summed E-state index contributed by atoms with van der Waals surface area (Å²) in [4.78, 5) is 28.5. The van der Waals surface area contributed by atoms with Crippen molar-refractivity contribution < 1.29 is 18.7 Å². The van der Waals surface area contributed by atoms with Gasteiger partial charge >= 0.3 is 5.97 Å². The Morgan fingerprint density at radius 1 is 1.07 bits per heavy atom. The highest BCUT2D eigenvalue weighted by molar-refractivity contribution is 6.04. The monoisotopic (exact) mass is 379 g/mol. The number of nitrogens with one attached hydrogen (secondary N) is 2. The fourth-order valence-electron chi connectivity index (χ4n) is 2.49. The quantitative estimate of drug-likeness (QED) is 0.621.